The van der Waals surface area contributed by atoms with Crippen molar-refractivity contribution in [1.82, 2.24) is 25.8 Å². The van der Waals surface area contributed by atoms with Crippen LogP contribution < -0.4 is 42.6 Å². The molecular weight excluding hydrogens is 879 g/mol. The van der Waals surface area contributed by atoms with Gasteiger partial charge in [0.05, 0.1) is 34.5 Å². The topological polar surface area (TPSA) is 233 Å². The third-order valence-electron chi connectivity index (χ3n) is 12.6. The summed E-state index contributed by atoms with van der Waals surface area (Å²) in [5, 5.41) is 21.3. The average Bonchev–Trinajstić information content (AvgIpc) is 3.57. The molecule has 4 heterocycles. The molecule has 4 aliphatic rings. The number of carbonyl (C=O) groups excluding carboxylic acids is 6. The number of piperidine rings is 1. The molecule has 3 saturated heterocycles. The molecular formula is C49H55F2N10O7+. The lowest BCUT2D eigenvalue weighted by Crippen LogP contribution is -2.54. The fourth-order valence-electron chi connectivity index (χ4n) is 9.05. The van der Waals surface area contributed by atoms with Gasteiger partial charge in [-0.1, -0.05) is 12.1 Å². The first-order chi connectivity index (χ1) is 32.8. The number of benzene rings is 4. The maximum Gasteiger partial charge on any atom is 0.341 e. The van der Waals surface area contributed by atoms with Crippen molar-refractivity contribution < 1.29 is 47.7 Å². The van der Waals surface area contributed by atoms with E-state index in [4.69, 9.17) is 15.9 Å². The number of carbonyl (C=O) groups is 6. The van der Waals surface area contributed by atoms with Crippen molar-refractivity contribution in [3.63, 3.8) is 0 Å². The van der Waals surface area contributed by atoms with Crippen LogP contribution in [-0.4, -0.2) is 122 Å². The summed E-state index contributed by atoms with van der Waals surface area (Å²) in [7, 11) is 0. The van der Waals surface area contributed by atoms with E-state index in [0.29, 0.717) is 105 Å². The molecule has 0 aromatic heterocycles. The maximum atomic E-state index is 13.9. The van der Waals surface area contributed by atoms with Crippen molar-refractivity contribution in [3.05, 3.63) is 118 Å². The Morgan fingerprint density at radius 2 is 1.56 bits per heavy atom. The standard InChI is InChI=1S/C49H54F2N10O7/c50-31-23-30(24-32(51)26-31)22-29-6-9-38(52)37(25-29)45(53)58-46(64)35-8-7-34(27-40(35)56-33-12-20-68-21-13-33)60-18-16-59(17-19-60)28-43(63)55-15-2-1-14-54-39-5-3-4-36-44(39)49(67)61(48(36)66)41-10-11-42(62)57-47(41)65/h3-9,23-27,33,41,54,56H,1-2,10-22,28,52H2,(H,55,63)(H2,53,58,64)(H,57,62,65)/p+1. The number of nitrogens with two attached hydrogens (primary N) is 2. The van der Waals surface area contributed by atoms with Gasteiger partial charge in [0.15, 0.2) is 0 Å². The minimum Gasteiger partial charge on any atom is -0.398 e. The van der Waals surface area contributed by atoms with Gasteiger partial charge in [0, 0.05) is 88.1 Å². The lowest BCUT2D eigenvalue weighted by molar-refractivity contribution is -0.136. The van der Waals surface area contributed by atoms with Crippen molar-refractivity contribution in [2.75, 3.05) is 80.3 Å². The molecule has 356 valence electrons. The number of rotatable bonds is 16. The summed E-state index contributed by atoms with van der Waals surface area (Å²) in [5.74, 6) is -4.08. The van der Waals surface area contributed by atoms with Gasteiger partial charge >= 0.3 is 5.91 Å². The van der Waals surface area contributed by atoms with E-state index in [-0.39, 0.29) is 54.7 Å². The van der Waals surface area contributed by atoms with E-state index in [9.17, 15) is 37.5 Å². The molecule has 0 radical (unpaired) electrons. The number of nitrogens with zero attached hydrogens (tertiary/aromatic N) is 3. The molecule has 4 aromatic rings. The molecule has 3 fully saturated rings. The third-order valence-corrected chi connectivity index (χ3v) is 12.6. The second-order valence-corrected chi connectivity index (χ2v) is 17.4. The Hall–Kier alpha value is -7.25. The highest BCUT2D eigenvalue weighted by atomic mass is 19.1. The van der Waals surface area contributed by atoms with E-state index in [1.54, 1.807) is 42.5 Å². The number of imide groups is 2. The van der Waals surface area contributed by atoms with Crippen LogP contribution in [0.25, 0.3) is 0 Å². The van der Waals surface area contributed by atoms with Crippen LogP contribution in [0.15, 0.2) is 72.8 Å². The highest BCUT2D eigenvalue weighted by Crippen LogP contribution is 2.33. The van der Waals surface area contributed by atoms with Crippen LogP contribution in [0, 0.1) is 11.6 Å². The molecule has 9 N–H and O–H groups in total. The minimum atomic E-state index is -1.04. The zero-order chi connectivity index (χ0) is 47.9. The van der Waals surface area contributed by atoms with E-state index in [2.05, 4.69) is 36.4 Å². The number of ether oxygens (including phenoxy) is 1. The predicted molar refractivity (Wildman–Crippen MR) is 250 cm³/mol. The molecule has 1 atom stereocenters. The fraction of sp³-hybridized carbons (Fsp3) is 0.367. The predicted octanol–water partition coefficient (Wildman–Crippen LogP) is 2.20. The van der Waals surface area contributed by atoms with Crippen LogP contribution in [0.3, 0.4) is 0 Å². The smallest absolute Gasteiger partial charge is 0.341 e. The summed E-state index contributed by atoms with van der Waals surface area (Å²) < 4.78 is 33.3. The van der Waals surface area contributed by atoms with Crippen LogP contribution in [0.5, 0.6) is 0 Å². The Balaban J connectivity index is 0.805. The molecule has 6 amide bonds. The molecule has 4 aromatic carbocycles. The molecule has 0 spiro atoms. The van der Waals surface area contributed by atoms with Crippen molar-refractivity contribution >= 4 is 64.0 Å². The molecule has 19 heteroatoms. The quantitative estimate of drug-likeness (QED) is 0.0282. The van der Waals surface area contributed by atoms with E-state index in [1.807, 2.05) is 12.1 Å². The zero-order valence-electron chi connectivity index (χ0n) is 37.5. The number of hydrogen-bond acceptors (Lipinski definition) is 12. The van der Waals surface area contributed by atoms with Crippen LogP contribution >= 0.6 is 0 Å². The first-order valence-corrected chi connectivity index (χ1v) is 22.9. The summed E-state index contributed by atoms with van der Waals surface area (Å²) in [6.45, 7) is 4.98. The van der Waals surface area contributed by atoms with Gasteiger partial charge in [-0.3, -0.25) is 44.5 Å². The average molecular weight is 934 g/mol. The lowest BCUT2D eigenvalue weighted by atomic mass is 10.0. The Morgan fingerprint density at radius 3 is 2.31 bits per heavy atom. The van der Waals surface area contributed by atoms with Gasteiger partial charge in [-0.2, -0.15) is 0 Å². The summed E-state index contributed by atoms with van der Waals surface area (Å²) in [5.41, 5.74) is 11.0. The Bertz CT molecular complexity index is 2610. The van der Waals surface area contributed by atoms with Gasteiger partial charge in [0.1, 0.15) is 17.7 Å². The van der Waals surface area contributed by atoms with Gasteiger partial charge in [-0.25, -0.2) is 18.9 Å². The number of amidine groups is 1. The van der Waals surface area contributed by atoms with Crippen LogP contribution in [-0.2, 0) is 25.5 Å². The highest BCUT2D eigenvalue weighted by Gasteiger charge is 2.45. The van der Waals surface area contributed by atoms with Gasteiger partial charge in [0.2, 0.25) is 17.7 Å². The number of anilines is 4. The van der Waals surface area contributed by atoms with Gasteiger partial charge in [-0.05, 0) is 104 Å². The Morgan fingerprint density at radius 1 is 0.809 bits per heavy atom. The molecule has 17 nitrogen and oxygen atoms in total. The normalized spacial score (nSPS) is 17.7. The third kappa shape index (κ3) is 11.1. The van der Waals surface area contributed by atoms with Gasteiger partial charge in [-0.15, -0.1) is 0 Å². The molecule has 0 saturated carbocycles. The number of unbranched alkanes of at least 4 members (excludes halogenated alkanes) is 1. The summed E-state index contributed by atoms with van der Waals surface area (Å²) in [4.78, 5) is 82.7. The molecule has 4 aliphatic heterocycles. The second-order valence-electron chi connectivity index (χ2n) is 17.4. The number of nitrogen functional groups attached to an aromatic ring is 1. The number of fused-ring (bicyclic) bond motifs is 1. The number of hydrogen-bond donors (Lipinski definition) is 7. The number of amides is 6. The lowest BCUT2D eigenvalue weighted by Gasteiger charge is -2.36. The zero-order valence-corrected chi connectivity index (χ0v) is 37.5. The van der Waals surface area contributed by atoms with Crippen molar-refractivity contribution in [2.24, 2.45) is 0 Å². The van der Waals surface area contributed by atoms with Gasteiger partial charge < -0.3 is 31.3 Å². The Labute approximate surface area is 391 Å². The van der Waals surface area contributed by atoms with E-state index in [1.165, 1.54) is 12.1 Å². The van der Waals surface area contributed by atoms with E-state index >= 15 is 0 Å². The summed E-state index contributed by atoms with van der Waals surface area (Å²) >= 11 is 0. The minimum absolute atomic E-state index is 0.0325. The summed E-state index contributed by atoms with van der Waals surface area (Å²) in [6.07, 6.45) is 3.22. The maximum absolute atomic E-state index is 13.9. The molecule has 68 heavy (non-hydrogen) atoms. The van der Waals surface area contributed by atoms with Crippen molar-refractivity contribution in [3.8, 4) is 0 Å². The first kappa shape index (κ1) is 47.3. The molecule has 0 aliphatic carbocycles. The molecule has 0 bridgehead atoms. The van der Waals surface area contributed by atoms with E-state index in [0.717, 1.165) is 29.5 Å². The molecule has 8 rings (SSSR count). The molecule has 1 unspecified atom stereocenters. The highest BCUT2D eigenvalue weighted by molar-refractivity contribution is 6.25. The van der Waals surface area contributed by atoms with Crippen LogP contribution in [0.4, 0.5) is 31.5 Å². The van der Waals surface area contributed by atoms with Crippen molar-refractivity contribution in [2.45, 2.75) is 57.0 Å². The largest absolute Gasteiger partial charge is 0.398 e. The van der Waals surface area contributed by atoms with Crippen LogP contribution in [0.2, 0.25) is 0 Å². The number of halogens is 2. The fourth-order valence-corrected chi connectivity index (χ4v) is 9.05. The van der Waals surface area contributed by atoms with Gasteiger partial charge in [0.25, 0.3) is 17.6 Å². The number of nitrogens with one attached hydrogen (secondary N) is 5. The SMILES string of the molecule is Nc1ccc(Cc2cc(F)cc(F)c2)cc1C(=[NH2+])NC(=O)c1ccc(N2CCN(CC(=O)NCCCCNc3cccc4c3C(=O)N(C3CCC(=O)NC3=O)C4=O)CC2)cc1NC1CCOCC1. The Kier molecular flexibility index (Phi) is 14.7. The second kappa shape index (κ2) is 21.1. The monoisotopic (exact) mass is 933 g/mol. The number of piperazine rings is 1. The van der Waals surface area contributed by atoms with Crippen molar-refractivity contribution in [1.29, 1.82) is 0 Å². The first-order valence-electron chi connectivity index (χ1n) is 22.9. The van der Waals surface area contributed by atoms with Crippen LogP contribution in [0.1, 0.15) is 86.3 Å². The van der Waals surface area contributed by atoms with E-state index < -0.39 is 47.2 Å². The summed E-state index contributed by atoms with van der Waals surface area (Å²) in [6, 6.07) is 18.0.